The number of carbonyl (C=O) groups is 2. The molecule has 0 aliphatic carbocycles. The highest BCUT2D eigenvalue weighted by atomic mass is 16.5. The summed E-state index contributed by atoms with van der Waals surface area (Å²) in [5, 5.41) is 23.0. The van der Waals surface area contributed by atoms with Gasteiger partial charge in [0.1, 0.15) is 0 Å². The first kappa shape index (κ1) is 71.3. The van der Waals surface area contributed by atoms with Gasteiger partial charge in [0.05, 0.1) is 25.4 Å². The molecule has 0 aromatic carbocycles. The minimum Gasteiger partial charge on any atom is -0.466 e. The predicted molar refractivity (Wildman–Crippen MR) is 320 cm³/mol. The number of carbonyl (C=O) groups excluding carboxylic acids is 2. The summed E-state index contributed by atoms with van der Waals surface area (Å²) in [6.45, 7) is 4.89. The zero-order valence-corrected chi connectivity index (χ0v) is 49.4. The van der Waals surface area contributed by atoms with E-state index in [9.17, 15) is 19.8 Å². The summed E-state index contributed by atoms with van der Waals surface area (Å²) >= 11 is 0. The number of hydrogen-bond acceptors (Lipinski definition) is 5. The number of nitrogens with one attached hydrogen (secondary N) is 1. The Morgan fingerprint density at radius 2 is 0.644 bits per heavy atom. The van der Waals surface area contributed by atoms with Crippen molar-refractivity contribution in [1.82, 2.24) is 5.32 Å². The number of rotatable bonds is 62. The van der Waals surface area contributed by atoms with Crippen LogP contribution < -0.4 is 5.32 Å². The molecule has 6 nitrogen and oxygen atoms in total. The molecule has 2 atom stereocenters. The molecule has 2 unspecified atom stereocenters. The number of aliphatic hydroxyl groups is 2. The molecule has 3 N–H and O–H groups in total. The minimum absolute atomic E-state index is 0.0124. The van der Waals surface area contributed by atoms with Gasteiger partial charge in [-0.2, -0.15) is 0 Å². The Kier molecular flexibility index (Phi) is 61.4. The molecule has 432 valence electrons. The molecule has 0 spiro atoms. The molecule has 0 rings (SSSR count). The third-order valence-electron chi connectivity index (χ3n) is 15.5. The van der Waals surface area contributed by atoms with E-state index in [0.717, 1.165) is 44.9 Å². The van der Waals surface area contributed by atoms with E-state index in [1.54, 1.807) is 6.08 Å². The van der Waals surface area contributed by atoms with Crippen LogP contribution in [0.4, 0.5) is 0 Å². The molecule has 1 amide bonds. The molecule has 0 fully saturated rings. The standard InChI is InChI=1S/C67H129NO5/c1-3-5-7-9-11-13-15-37-41-45-49-53-57-61-67(72)73-62-58-54-50-46-42-39-36-34-32-30-28-26-24-22-20-18-16-17-19-21-23-25-27-29-31-33-35-38-40-44-48-52-56-60-66(71)68-64(63-69)65(70)59-55-51-47-43-14-12-10-8-6-4-2/h13,15,55,59,64-65,69-70H,3-12,14,16-54,56-58,60-63H2,1-2H3,(H,68,71)/b15-13-,59-55+. The lowest BCUT2D eigenvalue weighted by molar-refractivity contribution is -0.143. The Morgan fingerprint density at radius 3 is 0.986 bits per heavy atom. The monoisotopic (exact) mass is 1030 g/mol. The van der Waals surface area contributed by atoms with Gasteiger partial charge in [-0.05, 0) is 57.8 Å². The Morgan fingerprint density at radius 1 is 0.370 bits per heavy atom. The van der Waals surface area contributed by atoms with E-state index in [4.69, 9.17) is 4.74 Å². The molecule has 0 heterocycles. The van der Waals surface area contributed by atoms with Crippen LogP contribution in [-0.2, 0) is 14.3 Å². The van der Waals surface area contributed by atoms with Gasteiger partial charge in [0.25, 0.3) is 0 Å². The van der Waals surface area contributed by atoms with E-state index in [0.29, 0.717) is 19.4 Å². The smallest absolute Gasteiger partial charge is 0.305 e. The fraction of sp³-hybridized carbons (Fsp3) is 0.910. The van der Waals surface area contributed by atoms with Crippen molar-refractivity contribution in [2.45, 2.75) is 379 Å². The van der Waals surface area contributed by atoms with Gasteiger partial charge in [0.2, 0.25) is 5.91 Å². The van der Waals surface area contributed by atoms with Crippen molar-refractivity contribution >= 4 is 11.9 Å². The van der Waals surface area contributed by atoms with Gasteiger partial charge in [-0.3, -0.25) is 9.59 Å². The number of allylic oxidation sites excluding steroid dienone is 3. The van der Waals surface area contributed by atoms with Gasteiger partial charge in [-0.15, -0.1) is 0 Å². The molecule has 0 saturated heterocycles. The lowest BCUT2D eigenvalue weighted by atomic mass is 10.0. The van der Waals surface area contributed by atoms with Crippen LogP contribution in [0.3, 0.4) is 0 Å². The maximum atomic E-state index is 12.4. The van der Waals surface area contributed by atoms with Crippen LogP contribution in [-0.4, -0.2) is 47.4 Å². The van der Waals surface area contributed by atoms with Crippen molar-refractivity contribution in [3.05, 3.63) is 24.3 Å². The molecule has 73 heavy (non-hydrogen) atoms. The Balaban J connectivity index is 3.30. The number of amides is 1. The molecule has 0 aliphatic heterocycles. The summed E-state index contributed by atoms with van der Waals surface area (Å²) in [5.74, 6) is -0.0514. The molecule has 0 saturated carbocycles. The summed E-state index contributed by atoms with van der Waals surface area (Å²) in [5.41, 5.74) is 0. The highest BCUT2D eigenvalue weighted by Crippen LogP contribution is 2.18. The fourth-order valence-corrected chi connectivity index (χ4v) is 10.4. The van der Waals surface area contributed by atoms with E-state index in [2.05, 4.69) is 31.3 Å². The number of ether oxygens (including phenoxy) is 1. The summed E-state index contributed by atoms with van der Waals surface area (Å²) in [4.78, 5) is 24.4. The topological polar surface area (TPSA) is 95.9 Å². The van der Waals surface area contributed by atoms with E-state index < -0.39 is 12.1 Å². The van der Waals surface area contributed by atoms with E-state index in [1.165, 1.54) is 295 Å². The van der Waals surface area contributed by atoms with Crippen molar-refractivity contribution in [2.75, 3.05) is 13.2 Å². The van der Waals surface area contributed by atoms with Crippen molar-refractivity contribution in [3.63, 3.8) is 0 Å². The Hall–Kier alpha value is -1.66. The highest BCUT2D eigenvalue weighted by Gasteiger charge is 2.18. The quantitative estimate of drug-likeness (QED) is 0.0320. The molecular formula is C67H129NO5. The average molecular weight is 1030 g/mol. The lowest BCUT2D eigenvalue weighted by Gasteiger charge is -2.20. The van der Waals surface area contributed by atoms with E-state index in [1.807, 2.05) is 6.08 Å². The van der Waals surface area contributed by atoms with Crippen LogP contribution in [0.2, 0.25) is 0 Å². The van der Waals surface area contributed by atoms with Gasteiger partial charge in [0, 0.05) is 12.8 Å². The summed E-state index contributed by atoms with van der Waals surface area (Å²) in [7, 11) is 0. The molecular weight excluding hydrogens is 899 g/mol. The molecule has 0 aliphatic rings. The van der Waals surface area contributed by atoms with Crippen molar-refractivity contribution in [1.29, 1.82) is 0 Å². The number of aliphatic hydroxyl groups excluding tert-OH is 2. The third kappa shape index (κ3) is 59.4. The number of esters is 1. The maximum Gasteiger partial charge on any atom is 0.305 e. The highest BCUT2D eigenvalue weighted by molar-refractivity contribution is 5.76. The van der Waals surface area contributed by atoms with Crippen LogP contribution in [0.25, 0.3) is 0 Å². The Bertz CT molecular complexity index is 1140. The summed E-state index contributed by atoms with van der Waals surface area (Å²) in [6.07, 6.45) is 78.3. The second kappa shape index (κ2) is 62.9. The SMILES string of the molecule is CCCCCC/C=C\CCCCCCCC(=O)OCCCCCCCCCCCCCCCCCCCCCCCCCCCCCCCCCCCC(=O)NC(CO)C(O)/C=C/CCCCCCCCCC. The second-order valence-corrected chi connectivity index (χ2v) is 22.8. The average Bonchev–Trinajstić information content (AvgIpc) is 3.39. The zero-order valence-electron chi connectivity index (χ0n) is 49.4. The molecule has 6 heteroatoms. The number of unbranched alkanes of at least 4 members (excludes halogenated alkanes) is 49. The van der Waals surface area contributed by atoms with Crippen molar-refractivity contribution in [2.24, 2.45) is 0 Å². The molecule has 0 radical (unpaired) electrons. The van der Waals surface area contributed by atoms with Crippen LogP contribution in [0, 0.1) is 0 Å². The lowest BCUT2D eigenvalue weighted by Crippen LogP contribution is -2.45. The van der Waals surface area contributed by atoms with Gasteiger partial charge in [-0.25, -0.2) is 0 Å². The Labute approximate surface area is 456 Å². The van der Waals surface area contributed by atoms with E-state index >= 15 is 0 Å². The first-order chi connectivity index (χ1) is 36.0. The van der Waals surface area contributed by atoms with Crippen LogP contribution in [0.1, 0.15) is 367 Å². The maximum absolute atomic E-state index is 12.4. The largest absolute Gasteiger partial charge is 0.466 e. The molecule has 0 aromatic rings. The van der Waals surface area contributed by atoms with E-state index in [-0.39, 0.29) is 18.5 Å². The first-order valence-electron chi connectivity index (χ1n) is 33.1. The van der Waals surface area contributed by atoms with Gasteiger partial charge in [-0.1, -0.05) is 321 Å². The zero-order chi connectivity index (χ0) is 52.9. The van der Waals surface area contributed by atoms with Gasteiger partial charge < -0.3 is 20.3 Å². The fourth-order valence-electron chi connectivity index (χ4n) is 10.4. The van der Waals surface area contributed by atoms with Gasteiger partial charge >= 0.3 is 5.97 Å². The predicted octanol–water partition coefficient (Wildman–Crippen LogP) is 21.0. The van der Waals surface area contributed by atoms with Crippen LogP contribution in [0.5, 0.6) is 0 Å². The van der Waals surface area contributed by atoms with Crippen LogP contribution >= 0.6 is 0 Å². The third-order valence-corrected chi connectivity index (χ3v) is 15.5. The first-order valence-corrected chi connectivity index (χ1v) is 33.1. The van der Waals surface area contributed by atoms with Crippen LogP contribution in [0.15, 0.2) is 24.3 Å². The van der Waals surface area contributed by atoms with Crippen molar-refractivity contribution in [3.8, 4) is 0 Å². The summed E-state index contributed by atoms with van der Waals surface area (Å²) in [6, 6.07) is -0.622. The number of hydrogen-bond donors (Lipinski definition) is 3. The molecule has 0 bridgehead atoms. The van der Waals surface area contributed by atoms with Gasteiger partial charge in [0.15, 0.2) is 0 Å². The second-order valence-electron chi connectivity index (χ2n) is 22.8. The molecule has 0 aromatic heterocycles. The van der Waals surface area contributed by atoms with Crippen molar-refractivity contribution < 1.29 is 24.5 Å². The summed E-state index contributed by atoms with van der Waals surface area (Å²) < 4.78 is 5.48. The normalized spacial score (nSPS) is 12.7. The minimum atomic E-state index is -0.838.